The molecule has 4 nitrogen and oxygen atoms in total. The molecule has 2 unspecified atom stereocenters. The number of thioether (sulfide) groups is 1. The predicted molar refractivity (Wildman–Crippen MR) is 83.5 cm³/mol. The molecule has 0 radical (unpaired) electrons. The van der Waals surface area contributed by atoms with Gasteiger partial charge in [0, 0.05) is 24.7 Å². The number of aromatic nitrogens is 1. The summed E-state index contributed by atoms with van der Waals surface area (Å²) in [6, 6.07) is 3.89. The molecule has 2 N–H and O–H groups in total. The largest absolute Gasteiger partial charge is 0.388 e. The molecule has 0 saturated heterocycles. The van der Waals surface area contributed by atoms with Gasteiger partial charge in [0.05, 0.1) is 11.4 Å². The minimum Gasteiger partial charge on any atom is -0.388 e. The summed E-state index contributed by atoms with van der Waals surface area (Å²) in [5, 5.41) is 13.0. The van der Waals surface area contributed by atoms with E-state index in [1.165, 1.54) is 0 Å². The van der Waals surface area contributed by atoms with Gasteiger partial charge in [0.2, 0.25) is 5.91 Å². The van der Waals surface area contributed by atoms with E-state index in [0.29, 0.717) is 12.3 Å². The van der Waals surface area contributed by atoms with Crippen LogP contribution in [0.25, 0.3) is 0 Å². The van der Waals surface area contributed by atoms with Gasteiger partial charge in [-0.25, -0.2) is 0 Å². The third kappa shape index (κ3) is 5.92. The molecule has 0 aromatic carbocycles. The summed E-state index contributed by atoms with van der Waals surface area (Å²) >= 11 is 1.56. The summed E-state index contributed by atoms with van der Waals surface area (Å²) in [5.41, 5.74) is 0.310. The molecule has 0 aliphatic carbocycles. The molecule has 0 spiro atoms. The Balaban J connectivity index is 2.24. The molecular weight excluding hydrogens is 272 g/mol. The first-order valence-electron chi connectivity index (χ1n) is 6.91. The lowest BCUT2D eigenvalue weighted by molar-refractivity contribution is -0.120. The molecule has 1 aromatic heterocycles. The fourth-order valence-corrected chi connectivity index (χ4v) is 2.50. The van der Waals surface area contributed by atoms with Crippen LogP contribution < -0.4 is 5.32 Å². The van der Waals surface area contributed by atoms with Gasteiger partial charge < -0.3 is 10.4 Å². The molecule has 0 aliphatic heterocycles. The van der Waals surface area contributed by atoms with E-state index >= 15 is 0 Å². The van der Waals surface area contributed by atoms with Crippen LogP contribution in [0.5, 0.6) is 0 Å². The minimum absolute atomic E-state index is 0.0346. The zero-order valence-corrected chi connectivity index (χ0v) is 13.2. The van der Waals surface area contributed by atoms with Crippen molar-refractivity contribution in [2.24, 2.45) is 5.92 Å². The highest BCUT2D eigenvalue weighted by atomic mass is 32.2. The van der Waals surface area contributed by atoms with E-state index in [1.807, 2.05) is 26.0 Å². The lowest BCUT2D eigenvalue weighted by Crippen LogP contribution is -2.45. The normalized spacial score (nSPS) is 15.4. The Morgan fingerprint density at radius 3 is 2.75 bits per heavy atom. The Bertz CT molecular complexity index is 410. The maximum Gasteiger partial charge on any atom is 0.230 e. The quantitative estimate of drug-likeness (QED) is 0.772. The molecule has 0 aliphatic rings. The van der Waals surface area contributed by atoms with Crippen LogP contribution in [0.1, 0.15) is 32.8 Å². The summed E-state index contributed by atoms with van der Waals surface area (Å²) in [6.45, 7) is 6.10. The molecule has 1 amide bonds. The highest BCUT2D eigenvalue weighted by molar-refractivity contribution is 7.99. The smallest absolute Gasteiger partial charge is 0.230 e. The van der Waals surface area contributed by atoms with Crippen molar-refractivity contribution in [3.8, 4) is 0 Å². The summed E-state index contributed by atoms with van der Waals surface area (Å²) in [5.74, 6) is 1.32. The number of hydrogen-bond acceptors (Lipinski definition) is 4. The average molecular weight is 296 g/mol. The van der Waals surface area contributed by atoms with E-state index in [1.54, 1.807) is 31.1 Å². The number of carbonyl (C=O) groups excluding carboxylic acids is 1. The van der Waals surface area contributed by atoms with E-state index < -0.39 is 5.60 Å². The molecule has 5 heteroatoms. The van der Waals surface area contributed by atoms with Crippen LogP contribution in [0.15, 0.2) is 24.5 Å². The molecule has 1 rings (SSSR count). The van der Waals surface area contributed by atoms with Crippen LogP contribution in [-0.4, -0.2) is 33.9 Å². The second-order valence-corrected chi connectivity index (χ2v) is 6.28. The van der Waals surface area contributed by atoms with Crippen molar-refractivity contribution in [1.82, 2.24) is 10.3 Å². The number of nitrogens with zero attached hydrogens (tertiary/aromatic N) is 1. The Hall–Kier alpha value is -1.07. The second-order valence-electron chi connectivity index (χ2n) is 5.29. The van der Waals surface area contributed by atoms with Gasteiger partial charge >= 0.3 is 0 Å². The summed E-state index contributed by atoms with van der Waals surface area (Å²) in [6.07, 6.45) is 4.39. The number of aliphatic hydroxyl groups is 1. The molecular formula is C15H24N2O2S. The highest BCUT2D eigenvalue weighted by Gasteiger charge is 2.27. The number of hydrogen-bond donors (Lipinski definition) is 2. The summed E-state index contributed by atoms with van der Waals surface area (Å²) in [4.78, 5) is 15.7. The molecule has 2 atom stereocenters. The van der Waals surface area contributed by atoms with Crippen molar-refractivity contribution in [2.75, 3.05) is 12.3 Å². The molecule has 1 aromatic rings. The highest BCUT2D eigenvalue weighted by Crippen LogP contribution is 2.19. The first-order chi connectivity index (χ1) is 9.45. The van der Waals surface area contributed by atoms with Crippen molar-refractivity contribution < 1.29 is 9.90 Å². The van der Waals surface area contributed by atoms with Gasteiger partial charge in [-0.3, -0.25) is 9.78 Å². The van der Waals surface area contributed by atoms with Crippen molar-refractivity contribution in [1.29, 1.82) is 0 Å². The molecule has 112 valence electrons. The van der Waals surface area contributed by atoms with Gasteiger partial charge in [-0.1, -0.05) is 20.3 Å². The van der Waals surface area contributed by atoms with Crippen LogP contribution in [-0.2, 0) is 10.5 Å². The Morgan fingerprint density at radius 1 is 1.50 bits per heavy atom. The first kappa shape index (κ1) is 17.0. The van der Waals surface area contributed by atoms with E-state index in [4.69, 9.17) is 0 Å². The van der Waals surface area contributed by atoms with Crippen molar-refractivity contribution >= 4 is 17.7 Å². The van der Waals surface area contributed by atoms with Crippen LogP contribution >= 0.6 is 11.8 Å². The number of pyridine rings is 1. The van der Waals surface area contributed by atoms with Crippen molar-refractivity contribution in [3.63, 3.8) is 0 Å². The lowest BCUT2D eigenvalue weighted by Gasteiger charge is -2.29. The van der Waals surface area contributed by atoms with Gasteiger partial charge in [-0.05, 0) is 30.5 Å². The second kappa shape index (κ2) is 8.27. The van der Waals surface area contributed by atoms with Gasteiger partial charge in [0.1, 0.15) is 0 Å². The Morgan fingerprint density at radius 2 is 2.15 bits per heavy atom. The third-order valence-electron chi connectivity index (χ3n) is 3.57. The number of nitrogens with one attached hydrogen (secondary N) is 1. The summed E-state index contributed by atoms with van der Waals surface area (Å²) < 4.78 is 0. The Labute approximate surface area is 125 Å². The summed E-state index contributed by atoms with van der Waals surface area (Å²) in [7, 11) is 0. The monoisotopic (exact) mass is 296 g/mol. The predicted octanol–water partition coefficient (Wildman–Crippen LogP) is 2.23. The van der Waals surface area contributed by atoms with Gasteiger partial charge in [-0.15, -0.1) is 11.8 Å². The lowest BCUT2D eigenvalue weighted by atomic mass is 9.89. The van der Waals surface area contributed by atoms with Gasteiger partial charge in [-0.2, -0.15) is 0 Å². The molecule has 20 heavy (non-hydrogen) atoms. The standard InChI is InChI=1S/C15H24N2O2S/c1-4-12(2)15(3,19)11-17-14(18)10-20-9-13-5-7-16-8-6-13/h5-8,12,19H,4,9-11H2,1-3H3,(H,17,18). The van der Waals surface area contributed by atoms with E-state index in [-0.39, 0.29) is 11.8 Å². The molecule has 0 saturated carbocycles. The average Bonchev–Trinajstić information content (AvgIpc) is 2.45. The molecule has 1 heterocycles. The molecule has 0 bridgehead atoms. The topological polar surface area (TPSA) is 62.2 Å². The van der Waals surface area contributed by atoms with E-state index in [2.05, 4.69) is 10.3 Å². The fourth-order valence-electron chi connectivity index (χ4n) is 1.68. The number of rotatable bonds is 8. The van der Waals surface area contributed by atoms with Crippen molar-refractivity contribution in [3.05, 3.63) is 30.1 Å². The maximum atomic E-state index is 11.7. The van der Waals surface area contributed by atoms with Crippen molar-refractivity contribution in [2.45, 2.75) is 38.5 Å². The van der Waals surface area contributed by atoms with Crippen LogP contribution in [0.3, 0.4) is 0 Å². The van der Waals surface area contributed by atoms with Crippen LogP contribution in [0.2, 0.25) is 0 Å². The maximum absolute atomic E-state index is 11.7. The van der Waals surface area contributed by atoms with Gasteiger partial charge in [0.25, 0.3) is 0 Å². The zero-order valence-electron chi connectivity index (χ0n) is 12.4. The Kier molecular flexibility index (Phi) is 7.02. The fraction of sp³-hybridized carbons (Fsp3) is 0.600. The third-order valence-corrected chi connectivity index (χ3v) is 4.57. The van der Waals surface area contributed by atoms with Gasteiger partial charge in [0.15, 0.2) is 0 Å². The first-order valence-corrected chi connectivity index (χ1v) is 8.07. The van der Waals surface area contributed by atoms with Crippen LogP contribution in [0, 0.1) is 5.92 Å². The van der Waals surface area contributed by atoms with E-state index in [0.717, 1.165) is 17.7 Å². The van der Waals surface area contributed by atoms with Crippen LogP contribution in [0.4, 0.5) is 0 Å². The van der Waals surface area contributed by atoms with E-state index in [9.17, 15) is 9.90 Å². The minimum atomic E-state index is -0.847. The SMILES string of the molecule is CCC(C)C(C)(O)CNC(=O)CSCc1ccncc1. The zero-order chi connectivity index (χ0) is 15.0. The molecule has 0 fully saturated rings. The number of amides is 1. The number of carbonyl (C=O) groups is 1.